The van der Waals surface area contributed by atoms with Crippen LogP contribution in [0.1, 0.15) is 158 Å². The lowest BCUT2D eigenvalue weighted by Crippen LogP contribution is -2.35. The van der Waals surface area contributed by atoms with Crippen LogP contribution in [0.15, 0.2) is 103 Å². The van der Waals surface area contributed by atoms with Gasteiger partial charge >= 0.3 is 0 Å². The molecule has 2 heteroatoms. The van der Waals surface area contributed by atoms with Crippen molar-refractivity contribution in [3.63, 3.8) is 0 Å². The van der Waals surface area contributed by atoms with Gasteiger partial charge in [-0.25, -0.2) is 4.98 Å². The van der Waals surface area contributed by atoms with E-state index < -0.39 is 0 Å². The number of imidazole rings is 1. The van der Waals surface area contributed by atoms with Gasteiger partial charge < -0.3 is 4.57 Å². The van der Waals surface area contributed by atoms with Crippen LogP contribution in [-0.4, -0.2) is 9.55 Å². The van der Waals surface area contributed by atoms with Crippen molar-refractivity contribution in [1.29, 1.82) is 0 Å². The topological polar surface area (TPSA) is 17.8 Å². The molecule has 0 N–H and O–H groups in total. The maximum absolute atomic E-state index is 5.10. The van der Waals surface area contributed by atoms with Gasteiger partial charge in [0.25, 0.3) is 0 Å². The van der Waals surface area contributed by atoms with Gasteiger partial charge in [0.2, 0.25) is 0 Å². The fraction of sp³-hybridized carbons (Fsp3) is 0.533. The normalized spacial score (nSPS) is 13.4. The Morgan fingerprint density at radius 1 is 0.553 bits per heavy atom. The second-order valence-electron chi connectivity index (χ2n) is 14.3. The fourth-order valence-electron chi connectivity index (χ4n) is 7.62. The third-order valence-corrected chi connectivity index (χ3v) is 10.5. The van der Waals surface area contributed by atoms with E-state index in [0.29, 0.717) is 5.92 Å². The van der Waals surface area contributed by atoms with Crippen molar-refractivity contribution in [2.45, 2.75) is 154 Å². The highest BCUT2D eigenvalue weighted by molar-refractivity contribution is 5.33. The number of unbranched alkanes of at least 4 members (excludes halogenated alkanes) is 16. The van der Waals surface area contributed by atoms with Crippen LogP contribution >= 0.6 is 0 Å². The van der Waals surface area contributed by atoms with E-state index in [1.165, 1.54) is 132 Å². The Kier molecular flexibility index (Phi) is 16.9. The maximum atomic E-state index is 5.10. The van der Waals surface area contributed by atoms with E-state index in [2.05, 4.69) is 116 Å². The Balaban J connectivity index is 1.30. The summed E-state index contributed by atoms with van der Waals surface area (Å²) < 4.78 is 2.42. The molecular formula is C45H64N2. The van der Waals surface area contributed by atoms with Crippen molar-refractivity contribution < 1.29 is 0 Å². The van der Waals surface area contributed by atoms with E-state index in [1.54, 1.807) is 0 Å². The van der Waals surface area contributed by atoms with Crippen LogP contribution < -0.4 is 0 Å². The molecule has 0 amide bonds. The van der Waals surface area contributed by atoms with Crippen LogP contribution in [0, 0.1) is 0 Å². The number of rotatable bonds is 25. The molecule has 0 aliphatic heterocycles. The molecular weight excluding hydrogens is 569 g/mol. The summed E-state index contributed by atoms with van der Waals surface area (Å²) in [5.74, 6) is 1.55. The van der Waals surface area contributed by atoms with Crippen molar-refractivity contribution in [2.75, 3.05) is 0 Å². The van der Waals surface area contributed by atoms with Gasteiger partial charge in [-0.3, -0.25) is 0 Å². The van der Waals surface area contributed by atoms with Crippen LogP contribution in [0.3, 0.4) is 0 Å². The van der Waals surface area contributed by atoms with Crippen LogP contribution in [0.4, 0.5) is 0 Å². The first-order chi connectivity index (χ1) is 23.2. The Hall–Kier alpha value is -3.13. The van der Waals surface area contributed by atoms with Crippen molar-refractivity contribution in [3.8, 4) is 0 Å². The standard InChI is InChI=1S/C45H64N2/c1-3-4-5-6-7-8-9-10-11-12-13-14-15-16-17-18-28-35-43(44-46-36-37-47(44)39-41-31-24-20-25-32-41)45(2,42-33-26-21-27-34-42)38-40-29-22-19-23-30-40/h19-27,29-34,36-37,43H,3-18,28,35,38-39H2,1-2H3. The first-order valence-corrected chi connectivity index (χ1v) is 19.3. The second-order valence-corrected chi connectivity index (χ2v) is 14.3. The molecule has 0 saturated heterocycles. The van der Waals surface area contributed by atoms with Crippen LogP contribution in [-0.2, 0) is 18.4 Å². The zero-order valence-corrected chi connectivity index (χ0v) is 29.9. The van der Waals surface area contributed by atoms with E-state index >= 15 is 0 Å². The molecule has 1 aromatic heterocycles. The molecule has 0 radical (unpaired) electrons. The SMILES string of the molecule is CCCCCCCCCCCCCCCCCCCC(c1nccn1Cc1ccccc1)C(C)(Cc1ccccc1)c1ccccc1. The highest BCUT2D eigenvalue weighted by Crippen LogP contribution is 2.44. The molecule has 0 aliphatic carbocycles. The van der Waals surface area contributed by atoms with Crippen molar-refractivity contribution in [2.24, 2.45) is 0 Å². The van der Waals surface area contributed by atoms with Crippen LogP contribution in [0.25, 0.3) is 0 Å². The molecule has 254 valence electrons. The number of nitrogens with zero attached hydrogens (tertiary/aromatic N) is 2. The summed E-state index contributed by atoms with van der Waals surface area (Å²) in [4.78, 5) is 5.10. The minimum Gasteiger partial charge on any atom is -0.330 e. The summed E-state index contributed by atoms with van der Waals surface area (Å²) >= 11 is 0. The molecule has 4 aromatic rings. The molecule has 0 saturated carbocycles. The molecule has 2 unspecified atom stereocenters. The third kappa shape index (κ3) is 12.8. The Morgan fingerprint density at radius 3 is 1.51 bits per heavy atom. The number of hydrogen-bond acceptors (Lipinski definition) is 1. The monoisotopic (exact) mass is 633 g/mol. The fourth-order valence-corrected chi connectivity index (χ4v) is 7.62. The lowest BCUT2D eigenvalue weighted by atomic mass is 9.66. The molecule has 2 nitrogen and oxygen atoms in total. The van der Waals surface area contributed by atoms with Gasteiger partial charge in [0.1, 0.15) is 5.82 Å². The number of aromatic nitrogens is 2. The molecule has 0 aliphatic rings. The van der Waals surface area contributed by atoms with E-state index in [-0.39, 0.29) is 5.41 Å². The third-order valence-electron chi connectivity index (χ3n) is 10.5. The number of benzene rings is 3. The van der Waals surface area contributed by atoms with E-state index in [1.807, 2.05) is 6.20 Å². The first-order valence-electron chi connectivity index (χ1n) is 19.3. The largest absolute Gasteiger partial charge is 0.330 e. The average molecular weight is 633 g/mol. The summed E-state index contributed by atoms with van der Waals surface area (Å²) in [6, 6.07) is 33.2. The van der Waals surface area contributed by atoms with Crippen LogP contribution in [0.2, 0.25) is 0 Å². The minimum atomic E-state index is -0.0720. The Bertz CT molecular complexity index is 1310. The zero-order valence-electron chi connectivity index (χ0n) is 29.9. The highest BCUT2D eigenvalue weighted by Gasteiger charge is 2.39. The van der Waals surface area contributed by atoms with E-state index in [0.717, 1.165) is 19.4 Å². The molecule has 1 heterocycles. The van der Waals surface area contributed by atoms with Gasteiger partial charge in [-0.1, -0.05) is 214 Å². The highest BCUT2D eigenvalue weighted by atomic mass is 15.1. The van der Waals surface area contributed by atoms with Gasteiger partial charge in [-0.2, -0.15) is 0 Å². The smallest absolute Gasteiger partial charge is 0.112 e. The predicted molar refractivity (Wildman–Crippen MR) is 203 cm³/mol. The van der Waals surface area contributed by atoms with Gasteiger partial charge in [0, 0.05) is 30.3 Å². The zero-order chi connectivity index (χ0) is 32.8. The summed E-state index contributed by atoms with van der Waals surface area (Å²) in [5.41, 5.74) is 4.06. The maximum Gasteiger partial charge on any atom is 0.112 e. The molecule has 0 spiro atoms. The first kappa shape index (κ1) is 36.7. The lowest BCUT2D eigenvalue weighted by Gasteiger charge is -2.39. The molecule has 0 fully saturated rings. The molecule has 3 aromatic carbocycles. The van der Waals surface area contributed by atoms with Crippen molar-refractivity contribution >= 4 is 0 Å². The van der Waals surface area contributed by atoms with Gasteiger partial charge in [-0.15, -0.1) is 0 Å². The van der Waals surface area contributed by atoms with E-state index in [9.17, 15) is 0 Å². The van der Waals surface area contributed by atoms with Gasteiger partial charge in [0.15, 0.2) is 0 Å². The average Bonchev–Trinajstić information content (AvgIpc) is 3.56. The van der Waals surface area contributed by atoms with Crippen LogP contribution in [0.5, 0.6) is 0 Å². The number of hydrogen-bond donors (Lipinski definition) is 0. The minimum absolute atomic E-state index is 0.0720. The van der Waals surface area contributed by atoms with Crippen molar-refractivity contribution in [1.82, 2.24) is 9.55 Å². The van der Waals surface area contributed by atoms with Gasteiger partial charge in [-0.05, 0) is 29.5 Å². The summed E-state index contributed by atoms with van der Waals surface area (Å²) in [7, 11) is 0. The van der Waals surface area contributed by atoms with Crippen molar-refractivity contribution in [3.05, 3.63) is 126 Å². The molecule has 0 bridgehead atoms. The molecule has 47 heavy (non-hydrogen) atoms. The predicted octanol–water partition coefficient (Wildman–Crippen LogP) is 13.3. The summed E-state index contributed by atoms with van der Waals surface area (Å²) in [6.07, 6.45) is 30.3. The molecule has 2 atom stereocenters. The lowest BCUT2D eigenvalue weighted by molar-refractivity contribution is 0.324. The summed E-state index contributed by atoms with van der Waals surface area (Å²) in [6.45, 7) is 5.66. The van der Waals surface area contributed by atoms with Gasteiger partial charge in [0.05, 0.1) is 0 Å². The van der Waals surface area contributed by atoms with E-state index in [4.69, 9.17) is 4.98 Å². The molecule has 4 rings (SSSR count). The Labute approximate surface area is 288 Å². The quantitative estimate of drug-likeness (QED) is 0.0665. The summed E-state index contributed by atoms with van der Waals surface area (Å²) in [5, 5.41) is 0. The second kappa shape index (κ2) is 21.7. The Morgan fingerprint density at radius 2 is 1.00 bits per heavy atom.